The molecule has 0 N–H and O–H groups in total. The zero-order chi connectivity index (χ0) is 25.5. The van der Waals surface area contributed by atoms with Crippen LogP contribution in [0.4, 0.5) is 5.69 Å². The second-order valence-electron chi connectivity index (χ2n) is 9.15. The smallest absolute Gasteiger partial charge is 0.269 e. The maximum absolute atomic E-state index is 12.8. The van der Waals surface area contributed by atoms with Crippen LogP contribution in [0.1, 0.15) is 46.9 Å². The van der Waals surface area contributed by atoms with Crippen LogP contribution in [0.25, 0.3) is 0 Å². The fraction of sp³-hybridized carbons (Fsp3) is 0.345. The van der Waals surface area contributed by atoms with Crippen molar-refractivity contribution in [3.8, 4) is 0 Å². The van der Waals surface area contributed by atoms with Crippen LogP contribution in [0, 0.1) is 10.1 Å². The first kappa shape index (κ1) is 25.5. The molecule has 188 valence electrons. The Bertz CT molecular complexity index is 1150. The van der Waals surface area contributed by atoms with E-state index < -0.39 is 0 Å². The predicted octanol–water partition coefficient (Wildman–Crippen LogP) is 4.98. The molecule has 1 fully saturated rings. The number of hydrogen-bond donors (Lipinski definition) is 0. The van der Waals surface area contributed by atoms with Gasteiger partial charge in [0.15, 0.2) is 0 Å². The lowest BCUT2D eigenvalue weighted by Gasteiger charge is -2.39. The van der Waals surface area contributed by atoms with Gasteiger partial charge in [0.25, 0.3) is 11.6 Å². The highest BCUT2D eigenvalue weighted by Gasteiger charge is 2.28. The van der Waals surface area contributed by atoms with Crippen LogP contribution in [0.2, 0.25) is 0 Å². The SMILES string of the molecule is CCN(CC)C(=O)c1ccc([C@H](c2cccc([N+](=O)[O-])c2)N2CCN(Cc3ccccc3)CC2)cc1. The number of carbonyl (C=O) groups excluding carboxylic acids is 1. The summed E-state index contributed by atoms with van der Waals surface area (Å²) in [7, 11) is 0. The van der Waals surface area contributed by atoms with Crippen LogP contribution < -0.4 is 0 Å². The molecule has 0 aromatic heterocycles. The summed E-state index contributed by atoms with van der Waals surface area (Å²) in [5, 5.41) is 11.5. The van der Waals surface area contributed by atoms with E-state index in [0.29, 0.717) is 18.7 Å². The highest BCUT2D eigenvalue weighted by Crippen LogP contribution is 2.32. The van der Waals surface area contributed by atoms with Crippen LogP contribution >= 0.6 is 0 Å². The summed E-state index contributed by atoms with van der Waals surface area (Å²) >= 11 is 0. The van der Waals surface area contributed by atoms with E-state index in [1.165, 1.54) is 11.6 Å². The summed E-state index contributed by atoms with van der Waals surface area (Å²) in [6.45, 7) is 9.73. The van der Waals surface area contributed by atoms with Crippen molar-refractivity contribution in [2.45, 2.75) is 26.4 Å². The zero-order valence-corrected chi connectivity index (χ0v) is 21.0. The molecular formula is C29H34N4O3. The first-order chi connectivity index (χ1) is 17.5. The van der Waals surface area contributed by atoms with E-state index in [0.717, 1.165) is 43.9 Å². The number of amides is 1. The lowest BCUT2D eigenvalue weighted by atomic mass is 9.95. The predicted molar refractivity (Wildman–Crippen MR) is 142 cm³/mol. The third-order valence-electron chi connectivity index (χ3n) is 6.94. The number of carbonyl (C=O) groups is 1. The molecular weight excluding hydrogens is 452 g/mol. The number of hydrogen-bond acceptors (Lipinski definition) is 5. The molecule has 3 aromatic carbocycles. The van der Waals surface area contributed by atoms with E-state index in [9.17, 15) is 14.9 Å². The fourth-order valence-electron chi connectivity index (χ4n) is 4.95. The molecule has 1 amide bonds. The van der Waals surface area contributed by atoms with Crippen LogP contribution in [-0.4, -0.2) is 64.8 Å². The Morgan fingerprint density at radius 2 is 1.56 bits per heavy atom. The second kappa shape index (κ2) is 11.9. The van der Waals surface area contributed by atoms with Gasteiger partial charge in [0.05, 0.1) is 11.0 Å². The molecule has 0 saturated carbocycles. The maximum Gasteiger partial charge on any atom is 0.269 e. The van der Waals surface area contributed by atoms with Gasteiger partial charge in [-0.2, -0.15) is 0 Å². The molecule has 4 rings (SSSR count). The molecule has 0 aliphatic carbocycles. The zero-order valence-electron chi connectivity index (χ0n) is 21.0. The second-order valence-corrected chi connectivity index (χ2v) is 9.15. The van der Waals surface area contributed by atoms with Crippen LogP contribution in [0.3, 0.4) is 0 Å². The molecule has 36 heavy (non-hydrogen) atoms. The third kappa shape index (κ3) is 5.98. The van der Waals surface area contributed by atoms with Gasteiger partial charge < -0.3 is 4.90 Å². The van der Waals surface area contributed by atoms with Crippen molar-refractivity contribution in [1.82, 2.24) is 14.7 Å². The summed E-state index contributed by atoms with van der Waals surface area (Å²) in [5.41, 5.74) is 3.97. The summed E-state index contributed by atoms with van der Waals surface area (Å²) in [4.78, 5) is 30.6. The number of piperazine rings is 1. The number of nitro benzene ring substituents is 1. The Hall–Kier alpha value is -3.55. The largest absolute Gasteiger partial charge is 0.339 e. The molecule has 7 heteroatoms. The number of rotatable bonds is 9. The molecule has 1 saturated heterocycles. The van der Waals surface area contributed by atoms with E-state index in [2.05, 4.69) is 34.1 Å². The van der Waals surface area contributed by atoms with E-state index >= 15 is 0 Å². The highest BCUT2D eigenvalue weighted by molar-refractivity contribution is 5.94. The Balaban J connectivity index is 1.58. The Kier molecular flexibility index (Phi) is 8.46. The van der Waals surface area contributed by atoms with E-state index in [-0.39, 0.29) is 22.6 Å². The molecule has 1 atom stereocenters. The van der Waals surface area contributed by atoms with Gasteiger partial charge >= 0.3 is 0 Å². The highest BCUT2D eigenvalue weighted by atomic mass is 16.6. The van der Waals surface area contributed by atoms with Crippen LogP contribution in [0.15, 0.2) is 78.9 Å². The van der Waals surface area contributed by atoms with Gasteiger partial charge in [-0.3, -0.25) is 24.7 Å². The summed E-state index contributed by atoms with van der Waals surface area (Å²) < 4.78 is 0. The average molecular weight is 487 g/mol. The van der Waals surface area contributed by atoms with Gasteiger partial charge in [-0.15, -0.1) is 0 Å². The van der Waals surface area contributed by atoms with Crippen molar-refractivity contribution < 1.29 is 9.72 Å². The number of benzene rings is 3. The topological polar surface area (TPSA) is 69.9 Å². The van der Waals surface area contributed by atoms with Crippen molar-refractivity contribution in [3.63, 3.8) is 0 Å². The lowest BCUT2D eigenvalue weighted by Crippen LogP contribution is -2.47. The standard InChI is InChI=1S/C29H34N4O3/c1-3-31(4-2)29(34)25-15-13-24(14-16-25)28(26-11-8-12-27(21-26)33(35)36)32-19-17-30(18-20-32)22-23-9-6-5-7-10-23/h5-16,21,28H,3-4,17-20,22H2,1-2H3/t28-/m1/s1. The molecule has 0 spiro atoms. The molecule has 1 heterocycles. The maximum atomic E-state index is 12.8. The van der Waals surface area contributed by atoms with E-state index in [4.69, 9.17) is 0 Å². The minimum atomic E-state index is -0.343. The minimum absolute atomic E-state index is 0.0213. The van der Waals surface area contributed by atoms with Gasteiger partial charge in [-0.1, -0.05) is 54.6 Å². The Morgan fingerprint density at radius 3 is 2.17 bits per heavy atom. The summed E-state index contributed by atoms with van der Waals surface area (Å²) in [6, 6.07) is 25.0. The average Bonchev–Trinajstić information content (AvgIpc) is 2.91. The van der Waals surface area contributed by atoms with Gasteiger partial charge in [0.1, 0.15) is 0 Å². The van der Waals surface area contributed by atoms with Crippen molar-refractivity contribution in [1.29, 1.82) is 0 Å². The van der Waals surface area contributed by atoms with Crippen molar-refractivity contribution in [3.05, 3.63) is 111 Å². The van der Waals surface area contributed by atoms with Gasteiger partial charge in [0.2, 0.25) is 0 Å². The number of nitro groups is 1. The normalized spacial score (nSPS) is 15.4. The van der Waals surface area contributed by atoms with Crippen molar-refractivity contribution >= 4 is 11.6 Å². The van der Waals surface area contributed by atoms with Gasteiger partial charge in [0, 0.05) is 63.5 Å². The lowest BCUT2D eigenvalue weighted by molar-refractivity contribution is -0.384. The molecule has 0 unspecified atom stereocenters. The molecule has 3 aromatic rings. The number of nitrogens with zero attached hydrogens (tertiary/aromatic N) is 4. The third-order valence-corrected chi connectivity index (χ3v) is 6.94. The van der Waals surface area contributed by atoms with Gasteiger partial charge in [-0.25, -0.2) is 0 Å². The monoisotopic (exact) mass is 486 g/mol. The summed E-state index contributed by atoms with van der Waals surface area (Å²) in [5.74, 6) is 0.0213. The molecule has 0 bridgehead atoms. The molecule has 1 aliphatic heterocycles. The fourth-order valence-corrected chi connectivity index (χ4v) is 4.95. The first-order valence-electron chi connectivity index (χ1n) is 12.6. The Morgan fingerprint density at radius 1 is 0.889 bits per heavy atom. The quantitative estimate of drug-likeness (QED) is 0.315. The van der Waals surface area contributed by atoms with Gasteiger partial charge in [-0.05, 0) is 42.7 Å². The molecule has 0 radical (unpaired) electrons. The van der Waals surface area contributed by atoms with Crippen LogP contribution in [-0.2, 0) is 6.54 Å². The first-order valence-corrected chi connectivity index (χ1v) is 12.6. The Labute approximate surface area is 213 Å². The minimum Gasteiger partial charge on any atom is -0.339 e. The number of non-ortho nitro benzene ring substituents is 1. The van der Waals surface area contributed by atoms with Crippen molar-refractivity contribution in [2.24, 2.45) is 0 Å². The van der Waals surface area contributed by atoms with Crippen LogP contribution in [0.5, 0.6) is 0 Å². The molecule has 1 aliphatic rings. The van der Waals surface area contributed by atoms with E-state index in [1.54, 1.807) is 17.0 Å². The van der Waals surface area contributed by atoms with Crippen molar-refractivity contribution in [2.75, 3.05) is 39.3 Å². The van der Waals surface area contributed by atoms with E-state index in [1.807, 2.05) is 50.2 Å². The molecule has 7 nitrogen and oxygen atoms in total. The summed E-state index contributed by atoms with van der Waals surface area (Å²) in [6.07, 6.45) is 0.